The molecule has 0 saturated carbocycles. The molecule has 0 spiro atoms. The Morgan fingerprint density at radius 2 is 0.675 bits per heavy atom. The molecule has 0 aliphatic carbocycles. The molecule has 0 atom stereocenters. The number of hydrogen-bond acceptors (Lipinski definition) is 5. The fraction of sp³-hybridized carbons (Fsp3) is 0.225. The lowest BCUT2D eigenvalue weighted by Crippen LogP contribution is -2.17. The van der Waals surface area contributed by atoms with Crippen LogP contribution in [0.1, 0.15) is 105 Å². The van der Waals surface area contributed by atoms with Crippen molar-refractivity contribution in [3.05, 3.63) is 216 Å². The van der Waals surface area contributed by atoms with Crippen LogP contribution in [0, 0.1) is 0 Å². The summed E-state index contributed by atoms with van der Waals surface area (Å²) in [5, 5.41) is 2.32. The third-order valence-electron chi connectivity index (χ3n) is 14.9. The largest absolute Gasteiger partial charge is 0.309 e. The third-order valence-corrected chi connectivity index (χ3v) is 14.9. The van der Waals surface area contributed by atoms with Crippen molar-refractivity contribution in [1.82, 2.24) is 29.5 Å². The van der Waals surface area contributed by atoms with Gasteiger partial charge >= 0.3 is 0 Å². The molecule has 0 aliphatic heterocycles. The van der Waals surface area contributed by atoms with Gasteiger partial charge in [0.05, 0.1) is 28.1 Å². The van der Waals surface area contributed by atoms with Gasteiger partial charge in [0.1, 0.15) is 0 Å². The first-order valence-electron chi connectivity index (χ1n) is 27.0. The van der Waals surface area contributed by atoms with Crippen LogP contribution in [0.3, 0.4) is 0 Å². The maximum atomic E-state index is 5.51. The van der Waals surface area contributed by atoms with E-state index in [0.717, 1.165) is 77.8 Å². The van der Waals surface area contributed by atoms with E-state index in [1.54, 1.807) is 0 Å². The Balaban J connectivity index is 1.22. The van der Waals surface area contributed by atoms with Gasteiger partial charge in [0.15, 0.2) is 23.3 Å². The van der Waals surface area contributed by atoms with Crippen molar-refractivity contribution in [2.45, 2.75) is 105 Å². The molecule has 382 valence electrons. The summed E-state index contributed by atoms with van der Waals surface area (Å²) in [5.74, 6) is 2.39. The zero-order chi connectivity index (χ0) is 54.0. The van der Waals surface area contributed by atoms with E-state index in [-0.39, 0.29) is 21.7 Å². The van der Waals surface area contributed by atoms with Gasteiger partial charge in [-0.25, -0.2) is 24.9 Å². The van der Waals surface area contributed by atoms with Crippen LogP contribution in [0.15, 0.2) is 194 Å². The minimum absolute atomic E-state index is 0.120. The van der Waals surface area contributed by atoms with Gasteiger partial charge in [-0.15, -0.1) is 0 Å². The average Bonchev–Trinajstić information content (AvgIpc) is 3.83. The lowest BCUT2D eigenvalue weighted by Gasteiger charge is -2.26. The number of fused-ring (bicyclic) bond motifs is 3. The van der Waals surface area contributed by atoms with Crippen LogP contribution in [-0.4, -0.2) is 29.5 Å². The predicted octanol–water partition coefficient (Wildman–Crippen LogP) is 18.6. The molecule has 0 bridgehead atoms. The molecule has 0 N–H and O–H groups in total. The van der Waals surface area contributed by atoms with E-state index in [4.69, 9.17) is 24.9 Å². The number of hydrogen-bond donors (Lipinski definition) is 0. The third kappa shape index (κ3) is 10.3. The van der Waals surface area contributed by atoms with Gasteiger partial charge in [-0.05, 0) is 122 Å². The van der Waals surface area contributed by atoms with Crippen molar-refractivity contribution in [3.8, 4) is 84.9 Å². The van der Waals surface area contributed by atoms with Gasteiger partial charge in [-0.3, -0.25) is 0 Å². The van der Waals surface area contributed by atoms with E-state index >= 15 is 0 Å². The second-order valence-corrected chi connectivity index (χ2v) is 24.8. The first kappa shape index (κ1) is 50.8. The van der Waals surface area contributed by atoms with Crippen LogP contribution < -0.4 is 0 Å². The molecule has 3 aromatic heterocycles. The molecular formula is C71H68N6. The van der Waals surface area contributed by atoms with Gasteiger partial charge in [-0.1, -0.05) is 210 Å². The number of nitrogens with zero attached hydrogens (tertiary/aromatic N) is 6. The van der Waals surface area contributed by atoms with Crippen LogP contribution in [0.4, 0.5) is 0 Å². The molecule has 6 nitrogen and oxygen atoms in total. The monoisotopic (exact) mass is 1000 g/mol. The van der Waals surface area contributed by atoms with Crippen molar-refractivity contribution in [2.24, 2.45) is 0 Å². The number of rotatable bonds is 8. The van der Waals surface area contributed by atoms with E-state index in [2.05, 4.69) is 270 Å². The molecule has 0 aliphatic rings. The van der Waals surface area contributed by atoms with Gasteiger partial charge in [0.25, 0.3) is 0 Å². The first-order chi connectivity index (χ1) is 36.7. The molecule has 11 aromatic rings. The fourth-order valence-electron chi connectivity index (χ4n) is 10.2. The van der Waals surface area contributed by atoms with Crippen molar-refractivity contribution in [1.29, 1.82) is 0 Å². The molecule has 77 heavy (non-hydrogen) atoms. The van der Waals surface area contributed by atoms with Crippen molar-refractivity contribution < 1.29 is 0 Å². The standard InChI is InChI=1S/C71H68N6/c1-68(2,3)52-36-50(37-53(42-52)69(4,5)6)65-74-64(75-66(76-65)51-38-54(70(7,8)9)43-55(39-51)71(10,11)12)49-33-35-63(77-61-31-23-22-30-56(61)57-40-48(32-34-62(57)77)45-24-16-13-17-25-45)58(41-49)67-72-59(46-26-18-14-19-27-46)44-60(73-67)47-28-20-15-21-29-47/h13-44H,1-12H3. The summed E-state index contributed by atoms with van der Waals surface area (Å²) in [6.45, 7) is 27.3. The molecule has 3 heterocycles. The Morgan fingerprint density at radius 1 is 0.273 bits per heavy atom. The molecule has 0 saturated heterocycles. The SMILES string of the molecule is CC(C)(C)c1cc(-c2nc(-c3cc(C(C)(C)C)cc(C(C)(C)C)c3)nc(-c3ccc(-n4c5ccccc5c5cc(-c6ccccc6)ccc54)c(-c4nc(-c5ccccc5)cc(-c5ccccc5)n4)c3)n2)cc(C(C)(C)C)c1. The highest BCUT2D eigenvalue weighted by molar-refractivity contribution is 6.11. The zero-order valence-electron chi connectivity index (χ0n) is 46.7. The molecule has 11 rings (SSSR count). The van der Waals surface area contributed by atoms with Gasteiger partial charge in [0, 0.05) is 44.2 Å². The second kappa shape index (κ2) is 19.3. The minimum Gasteiger partial charge on any atom is -0.309 e. The van der Waals surface area contributed by atoms with Crippen LogP contribution in [0.2, 0.25) is 0 Å². The van der Waals surface area contributed by atoms with Crippen molar-refractivity contribution in [3.63, 3.8) is 0 Å². The topological polar surface area (TPSA) is 69.4 Å². The van der Waals surface area contributed by atoms with E-state index in [9.17, 15) is 0 Å². The quantitative estimate of drug-likeness (QED) is 0.152. The van der Waals surface area contributed by atoms with Crippen LogP contribution in [0.5, 0.6) is 0 Å². The summed E-state index contributed by atoms with van der Waals surface area (Å²) in [5.41, 5.74) is 17.1. The molecule has 8 aromatic carbocycles. The number of aromatic nitrogens is 6. The molecule has 6 heteroatoms. The van der Waals surface area contributed by atoms with Crippen molar-refractivity contribution in [2.75, 3.05) is 0 Å². The highest BCUT2D eigenvalue weighted by Crippen LogP contribution is 2.42. The highest BCUT2D eigenvalue weighted by Gasteiger charge is 2.27. The molecular weight excluding hydrogens is 937 g/mol. The Morgan fingerprint density at radius 3 is 1.14 bits per heavy atom. The summed E-state index contributed by atoms with van der Waals surface area (Å²) in [6.07, 6.45) is 0. The summed E-state index contributed by atoms with van der Waals surface area (Å²) in [4.78, 5) is 27.5. The normalized spacial score (nSPS) is 12.4. The molecule has 0 unspecified atom stereocenters. The Kier molecular flexibility index (Phi) is 12.8. The predicted molar refractivity (Wildman–Crippen MR) is 323 cm³/mol. The van der Waals surface area contributed by atoms with Gasteiger partial charge < -0.3 is 4.57 Å². The Labute approximate surface area is 455 Å². The van der Waals surface area contributed by atoms with Gasteiger partial charge in [-0.2, -0.15) is 0 Å². The molecule has 0 radical (unpaired) electrons. The van der Waals surface area contributed by atoms with E-state index in [0.29, 0.717) is 23.3 Å². The highest BCUT2D eigenvalue weighted by atomic mass is 15.0. The van der Waals surface area contributed by atoms with E-state index in [1.165, 1.54) is 27.8 Å². The maximum Gasteiger partial charge on any atom is 0.164 e. The van der Waals surface area contributed by atoms with Crippen LogP contribution in [-0.2, 0) is 21.7 Å². The van der Waals surface area contributed by atoms with Gasteiger partial charge in [0.2, 0.25) is 0 Å². The van der Waals surface area contributed by atoms with Crippen molar-refractivity contribution >= 4 is 21.8 Å². The van der Waals surface area contributed by atoms with E-state index in [1.807, 2.05) is 12.1 Å². The van der Waals surface area contributed by atoms with Crippen LogP contribution in [0.25, 0.3) is 107 Å². The maximum absolute atomic E-state index is 5.51. The Bertz CT molecular complexity index is 3780. The first-order valence-corrected chi connectivity index (χ1v) is 27.0. The number of para-hydroxylation sites is 1. The summed E-state index contributed by atoms with van der Waals surface area (Å²) in [6, 6.07) is 69.4. The summed E-state index contributed by atoms with van der Waals surface area (Å²) in [7, 11) is 0. The molecule has 0 fully saturated rings. The summed E-state index contributed by atoms with van der Waals surface area (Å²) >= 11 is 0. The smallest absolute Gasteiger partial charge is 0.164 e. The average molecular weight is 1010 g/mol. The van der Waals surface area contributed by atoms with E-state index < -0.39 is 0 Å². The molecule has 0 amide bonds. The minimum atomic E-state index is -0.120. The fourth-order valence-corrected chi connectivity index (χ4v) is 10.2. The number of benzene rings is 8. The lowest BCUT2D eigenvalue weighted by atomic mass is 9.79. The lowest BCUT2D eigenvalue weighted by molar-refractivity contribution is 0.568. The van der Waals surface area contributed by atoms with Crippen LogP contribution >= 0.6 is 0 Å². The summed E-state index contributed by atoms with van der Waals surface area (Å²) < 4.78 is 2.38. The second-order valence-electron chi connectivity index (χ2n) is 24.8. The zero-order valence-corrected chi connectivity index (χ0v) is 46.7. The Hall–Kier alpha value is -8.35.